The lowest BCUT2D eigenvalue weighted by Crippen LogP contribution is -2.36. The van der Waals surface area contributed by atoms with Crippen LogP contribution in [-0.4, -0.2) is 25.6 Å². The summed E-state index contributed by atoms with van der Waals surface area (Å²) >= 11 is 0. The second-order valence-corrected chi connectivity index (χ2v) is 4.79. The predicted molar refractivity (Wildman–Crippen MR) is 70.5 cm³/mol. The normalized spacial score (nSPS) is 20.2. The number of amides is 1. The highest BCUT2D eigenvalue weighted by molar-refractivity contribution is 5.78. The van der Waals surface area contributed by atoms with E-state index in [1.165, 1.54) is 13.2 Å². The Balaban J connectivity index is 1.99. The maximum absolute atomic E-state index is 13.9. The first kappa shape index (κ1) is 13.8. The first-order valence-electron chi connectivity index (χ1n) is 6.47. The van der Waals surface area contributed by atoms with Crippen LogP contribution in [0.1, 0.15) is 31.4 Å². The van der Waals surface area contributed by atoms with Gasteiger partial charge in [-0.2, -0.15) is 0 Å². The molecule has 1 fully saturated rings. The minimum absolute atomic E-state index is 0.0860. The van der Waals surface area contributed by atoms with E-state index in [2.05, 4.69) is 10.6 Å². The average Bonchev–Trinajstić information content (AvgIpc) is 2.81. The molecule has 0 saturated carbocycles. The van der Waals surface area contributed by atoms with Crippen molar-refractivity contribution in [3.05, 3.63) is 29.6 Å². The van der Waals surface area contributed by atoms with Crippen LogP contribution >= 0.6 is 0 Å². The van der Waals surface area contributed by atoms with Crippen LogP contribution in [0.3, 0.4) is 0 Å². The molecule has 2 atom stereocenters. The molecule has 0 aliphatic carbocycles. The van der Waals surface area contributed by atoms with E-state index in [1.807, 2.05) is 6.92 Å². The van der Waals surface area contributed by atoms with E-state index in [4.69, 9.17) is 4.74 Å². The summed E-state index contributed by atoms with van der Waals surface area (Å²) in [6.45, 7) is 2.52. The Morgan fingerprint density at radius 1 is 1.58 bits per heavy atom. The SMILES string of the molecule is COc1cccc(F)c1C(C)NCC1CCC(=O)N1. The van der Waals surface area contributed by atoms with Gasteiger partial charge in [0.1, 0.15) is 11.6 Å². The molecule has 104 valence electrons. The van der Waals surface area contributed by atoms with Gasteiger partial charge in [-0.05, 0) is 25.5 Å². The highest BCUT2D eigenvalue weighted by Crippen LogP contribution is 2.27. The van der Waals surface area contributed by atoms with Crippen LogP contribution in [0.15, 0.2) is 18.2 Å². The molecular weight excluding hydrogens is 247 g/mol. The van der Waals surface area contributed by atoms with Gasteiger partial charge in [0.2, 0.25) is 5.91 Å². The molecule has 1 aromatic rings. The predicted octanol–water partition coefficient (Wildman–Crippen LogP) is 1.76. The molecule has 1 amide bonds. The van der Waals surface area contributed by atoms with E-state index in [-0.39, 0.29) is 23.8 Å². The van der Waals surface area contributed by atoms with Crippen molar-refractivity contribution in [2.75, 3.05) is 13.7 Å². The van der Waals surface area contributed by atoms with Crippen molar-refractivity contribution in [2.24, 2.45) is 0 Å². The number of rotatable bonds is 5. The molecule has 0 radical (unpaired) electrons. The van der Waals surface area contributed by atoms with Crippen molar-refractivity contribution in [1.82, 2.24) is 10.6 Å². The fraction of sp³-hybridized carbons (Fsp3) is 0.500. The first-order chi connectivity index (χ1) is 9.11. The molecule has 5 heteroatoms. The van der Waals surface area contributed by atoms with Crippen LogP contribution < -0.4 is 15.4 Å². The molecule has 0 spiro atoms. The maximum Gasteiger partial charge on any atom is 0.220 e. The molecule has 1 saturated heterocycles. The average molecular weight is 266 g/mol. The minimum Gasteiger partial charge on any atom is -0.496 e. The number of carbonyl (C=O) groups is 1. The van der Waals surface area contributed by atoms with Gasteiger partial charge < -0.3 is 15.4 Å². The third kappa shape index (κ3) is 3.23. The fourth-order valence-electron chi connectivity index (χ4n) is 2.37. The largest absolute Gasteiger partial charge is 0.496 e. The zero-order valence-electron chi connectivity index (χ0n) is 11.2. The number of methoxy groups -OCH3 is 1. The Morgan fingerprint density at radius 2 is 2.37 bits per heavy atom. The van der Waals surface area contributed by atoms with Crippen LogP contribution in [-0.2, 0) is 4.79 Å². The molecule has 4 nitrogen and oxygen atoms in total. The Morgan fingerprint density at radius 3 is 3.00 bits per heavy atom. The lowest BCUT2D eigenvalue weighted by atomic mass is 10.1. The number of hydrogen-bond donors (Lipinski definition) is 2. The van der Waals surface area contributed by atoms with Crippen molar-refractivity contribution >= 4 is 5.91 Å². The van der Waals surface area contributed by atoms with Crippen molar-refractivity contribution in [3.8, 4) is 5.75 Å². The monoisotopic (exact) mass is 266 g/mol. The van der Waals surface area contributed by atoms with E-state index in [0.29, 0.717) is 24.3 Å². The van der Waals surface area contributed by atoms with Gasteiger partial charge in [0.25, 0.3) is 0 Å². The first-order valence-corrected chi connectivity index (χ1v) is 6.47. The Labute approximate surface area is 112 Å². The van der Waals surface area contributed by atoms with Gasteiger partial charge in [0.15, 0.2) is 0 Å². The fourth-order valence-corrected chi connectivity index (χ4v) is 2.37. The molecule has 19 heavy (non-hydrogen) atoms. The van der Waals surface area contributed by atoms with Crippen LogP contribution in [0.2, 0.25) is 0 Å². The second kappa shape index (κ2) is 6.02. The van der Waals surface area contributed by atoms with E-state index in [9.17, 15) is 9.18 Å². The number of ether oxygens (including phenoxy) is 1. The van der Waals surface area contributed by atoms with Gasteiger partial charge in [0, 0.05) is 30.6 Å². The third-order valence-corrected chi connectivity index (χ3v) is 3.42. The summed E-state index contributed by atoms with van der Waals surface area (Å²) in [7, 11) is 1.53. The summed E-state index contributed by atoms with van der Waals surface area (Å²) < 4.78 is 19.0. The molecule has 2 rings (SSSR count). The van der Waals surface area contributed by atoms with Crippen LogP contribution in [0.5, 0.6) is 5.75 Å². The molecule has 1 aliphatic heterocycles. The molecule has 2 N–H and O–H groups in total. The highest BCUT2D eigenvalue weighted by atomic mass is 19.1. The molecule has 1 aliphatic rings. The molecule has 0 bridgehead atoms. The van der Waals surface area contributed by atoms with Gasteiger partial charge >= 0.3 is 0 Å². The maximum atomic E-state index is 13.9. The van der Waals surface area contributed by atoms with Gasteiger partial charge in [-0.15, -0.1) is 0 Å². The summed E-state index contributed by atoms with van der Waals surface area (Å²) in [5.74, 6) is 0.341. The van der Waals surface area contributed by atoms with Crippen molar-refractivity contribution in [1.29, 1.82) is 0 Å². The highest BCUT2D eigenvalue weighted by Gasteiger charge is 2.22. The molecular formula is C14H19FN2O2. The van der Waals surface area contributed by atoms with Crippen molar-refractivity contribution < 1.29 is 13.9 Å². The zero-order valence-corrected chi connectivity index (χ0v) is 11.2. The Bertz CT molecular complexity index is 465. The molecule has 2 unspecified atom stereocenters. The summed E-state index contributed by atoms with van der Waals surface area (Å²) in [4.78, 5) is 11.1. The summed E-state index contributed by atoms with van der Waals surface area (Å²) in [5.41, 5.74) is 0.523. The summed E-state index contributed by atoms with van der Waals surface area (Å²) in [5, 5.41) is 6.12. The molecule has 1 heterocycles. The lowest BCUT2D eigenvalue weighted by Gasteiger charge is -2.20. The van der Waals surface area contributed by atoms with Crippen LogP contribution in [0.25, 0.3) is 0 Å². The Hall–Kier alpha value is -1.62. The summed E-state index contributed by atoms with van der Waals surface area (Å²) in [6.07, 6.45) is 1.40. The standard InChI is InChI=1S/C14H19FN2O2/c1-9(16-8-10-6-7-13(18)17-10)14-11(15)4-3-5-12(14)19-2/h3-5,9-10,16H,6-8H2,1-2H3,(H,17,18). The number of halogens is 1. The zero-order chi connectivity index (χ0) is 13.8. The number of hydrogen-bond acceptors (Lipinski definition) is 3. The van der Waals surface area contributed by atoms with E-state index in [1.54, 1.807) is 12.1 Å². The van der Waals surface area contributed by atoms with Gasteiger partial charge in [-0.25, -0.2) is 4.39 Å². The van der Waals surface area contributed by atoms with Gasteiger partial charge in [-0.1, -0.05) is 6.07 Å². The van der Waals surface area contributed by atoms with Gasteiger partial charge in [0.05, 0.1) is 7.11 Å². The molecule has 0 aromatic heterocycles. The minimum atomic E-state index is -0.283. The van der Waals surface area contributed by atoms with Gasteiger partial charge in [-0.3, -0.25) is 4.79 Å². The topological polar surface area (TPSA) is 50.4 Å². The third-order valence-electron chi connectivity index (χ3n) is 3.42. The van der Waals surface area contributed by atoms with Crippen LogP contribution in [0, 0.1) is 5.82 Å². The second-order valence-electron chi connectivity index (χ2n) is 4.79. The number of carbonyl (C=O) groups excluding carboxylic acids is 1. The van der Waals surface area contributed by atoms with Crippen LogP contribution in [0.4, 0.5) is 4.39 Å². The smallest absolute Gasteiger partial charge is 0.220 e. The Kier molecular flexibility index (Phi) is 4.37. The van der Waals surface area contributed by atoms with E-state index >= 15 is 0 Å². The van der Waals surface area contributed by atoms with Crippen molar-refractivity contribution in [2.45, 2.75) is 31.8 Å². The van der Waals surface area contributed by atoms with Crippen molar-refractivity contribution in [3.63, 3.8) is 0 Å². The number of nitrogens with one attached hydrogen (secondary N) is 2. The van der Waals surface area contributed by atoms with E-state index in [0.717, 1.165) is 6.42 Å². The van der Waals surface area contributed by atoms with E-state index < -0.39 is 0 Å². The number of benzene rings is 1. The quantitative estimate of drug-likeness (QED) is 0.854. The molecule has 1 aromatic carbocycles. The summed E-state index contributed by atoms with van der Waals surface area (Å²) in [6, 6.07) is 4.75. The lowest BCUT2D eigenvalue weighted by molar-refractivity contribution is -0.119.